The zero-order valence-corrected chi connectivity index (χ0v) is 9.18. The van der Waals surface area contributed by atoms with Crippen LogP contribution in [-0.4, -0.2) is 43.5 Å². The van der Waals surface area contributed by atoms with Crippen molar-refractivity contribution >= 4 is 5.97 Å². The number of rotatable bonds is 1. The molecule has 2 fully saturated rings. The minimum atomic E-state index is -4.93. The van der Waals surface area contributed by atoms with Gasteiger partial charge in [-0.1, -0.05) is 0 Å². The molecule has 0 saturated carbocycles. The lowest BCUT2D eigenvalue weighted by Crippen LogP contribution is -2.50. The van der Waals surface area contributed by atoms with Gasteiger partial charge in [0.2, 0.25) is 0 Å². The van der Waals surface area contributed by atoms with E-state index >= 15 is 0 Å². The molecule has 2 aliphatic heterocycles. The molecule has 2 rings (SSSR count). The highest BCUT2D eigenvalue weighted by molar-refractivity contribution is 5.75. The number of carbonyl (C=O) groups is 1. The largest absolute Gasteiger partial charge is 0.490 e. The molecule has 2 aliphatic rings. The van der Waals surface area contributed by atoms with Crippen molar-refractivity contribution in [2.45, 2.75) is 37.1 Å². The van der Waals surface area contributed by atoms with E-state index in [0.717, 1.165) is 0 Å². The highest BCUT2D eigenvalue weighted by atomic mass is 19.4. The van der Waals surface area contributed by atoms with Crippen LogP contribution in [0.15, 0.2) is 0 Å². The number of ether oxygens (including phenoxy) is 2. The van der Waals surface area contributed by atoms with Crippen molar-refractivity contribution in [1.29, 1.82) is 0 Å². The van der Waals surface area contributed by atoms with Crippen molar-refractivity contribution in [3.63, 3.8) is 0 Å². The summed E-state index contributed by atoms with van der Waals surface area (Å²) in [6.07, 6.45) is -4.23. The summed E-state index contributed by atoms with van der Waals surface area (Å²) in [6.45, 7) is 1.68. The van der Waals surface area contributed by atoms with Gasteiger partial charge in [-0.2, -0.15) is 13.2 Å². The predicted octanol–water partition coefficient (Wildman–Crippen LogP) is 1.00. The van der Waals surface area contributed by atoms with Crippen LogP contribution in [0.25, 0.3) is 0 Å². The lowest BCUT2D eigenvalue weighted by molar-refractivity contribution is -0.212. The molecule has 1 N–H and O–H groups in total. The van der Waals surface area contributed by atoms with E-state index in [2.05, 4.69) is 10.1 Å². The molecule has 4 nitrogen and oxygen atoms in total. The Morgan fingerprint density at radius 2 is 2.00 bits per heavy atom. The van der Waals surface area contributed by atoms with E-state index in [9.17, 15) is 18.0 Å². The predicted molar refractivity (Wildman–Crippen MR) is 51.3 cm³/mol. The van der Waals surface area contributed by atoms with E-state index in [1.54, 1.807) is 0 Å². The number of alkyl halides is 3. The van der Waals surface area contributed by atoms with Crippen molar-refractivity contribution in [2.24, 2.45) is 0 Å². The fraction of sp³-hybridized carbons (Fsp3) is 0.900. The van der Waals surface area contributed by atoms with Gasteiger partial charge in [-0.15, -0.1) is 0 Å². The number of carbonyl (C=O) groups excluding carboxylic acids is 1. The summed E-state index contributed by atoms with van der Waals surface area (Å²) >= 11 is 0. The van der Waals surface area contributed by atoms with Gasteiger partial charge >= 0.3 is 12.1 Å². The summed E-state index contributed by atoms with van der Waals surface area (Å²) in [5.74, 6) is -2.12. The first-order valence-corrected chi connectivity index (χ1v) is 5.56. The van der Waals surface area contributed by atoms with Gasteiger partial charge in [-0.3, -0.25) is 0 Å². The maximum atomic E-state index is 12.1. The van der Waals surface area contributed by atoms with Crippen LogP contribution in [0.1, 0.15) is 19.3 Å². The van der Waals surface area contributed by atoms with Gasteiger partial charge in [0.1, 0.15) is 11.7 Å². The van der Waals surface area contributed by atoms with Crippen LogP contribution < -0.4 is 5.32 Å². The van der Waals surface area contributed by atoms with Crippen molar-refractivity contribution in [1.82, 2.24) is 5.32 Å². The Balaban J connectivity index is 2.02. The van der Waals surface area contributed by atoms with E-state index in [0.29, 0.717) is 39.0 Å². The first-order valence-electron chi connectivity index (χ1n) is 5.56. The maximum Gasteiger partial charge on any atom is 0.490 e. The molecule has 0 aromatic rings. The first kappa shape index (κ1) is 12.6. The molecule has 0 amide bonds. The van der Waals surface area contributed by atoms with Crippen LogP contribution in [-0.2, 0) is 14.3 Å². The highest BCUT2D eigenvalue weighted by Crippen LogP contribution is 2.37. The molecule has 0 aliphatic carbocycles. The minimum Gasteiger partial charge on any atom is -0.453 e. The number of nitrogens with one attached hydrogen (secondary N) is 1. The van der Waals surface area contributed by atoms with Crippen LogP contribution >= 0.6 is 0 Å². The normalized spacial score (nSPS) is 28.3. The van der Waals surface area contributed by atoms with Gasteiger partial charge in [-0.25, -0.2) is 4.79 Å². The molecule has 17 heavy (non-hydrogen) atoms. The lowest BCUT2D eigenvalue weighted by atomic mass is 9.87. The average Bonchev–Trinajstić information content (AvgIpc) is 2.61. The Kier molecular flexibility index (Phi) is 3.31. The van der Waals surface area contributed by atoms with Crippen LogP contribution in [0.3, 0.4) is 0 Å². The number of hydrogen-bond donors (Lipinski definition) is 1. The van der Waals surface area contributed by atoms with E-state index in [1.165, 1.54) is 0 Å². The van der Waals surface area contributed by atoms with E-state index < -0.39 is 23.9 Å². The second-order valence-electron chi connectivity index (χ2n) is 4.34. The molecule has 0 aromatic heterocycles. The summed E-state index contributed by atoms with van der Waals surface area (Å²) < 4.78 is 46.5. The van der Waals surface area contributed by atoms with Crippen molar-refractivity contribution in [3.8, 4) is 0 Å². The first-order chi connectivity index (χ1) is 7.94. The zero-order valence-electron chi connectivity index (χ0n) is 9.18. The van der Waals surface area contributed by atoms with Crippen LogP contribution in [0.4, 0.5) is 13.2 Å². The Hall–Kier alpha value is -0.820. The van der Waals surface area contributed by atoms with Gasteiger partial charge in [0.25, 0.3) is 0 Å². The number of hydrogen-bond acceptors (Lipinski definition) is 4. The summed E-state index contributed by atoms with van der Waals surface area (Å²) in [5, 5.41) is 3.10. The number of halogens is 3. The minimum absolute atomic E-state index is 0.335. The third-order valence-corrected chi connectivity index (χ3v) is 3.29. The van der Waals surface area contributed by atoms with Crippen LogP contribution in [0, 0.1) is 0 Å². The molecule has 1 unspecified atom stereocenters. The topological polar surface area (TPSA) is 47.6 Å². The zero-order chi connectivity index (χ0) is 12.5. The summed E-state index contributed by atoms with van der Waals surface area (Å²) in [7, 11) is 0. The molecular weight excluding hydrogens is 239 g/mol. The van der Waals surface area contributed by atoms with Crippen molar-refractivity contribution < 1.29 is 27.4 Å². The van der Waals surface area contributed by atoms with E-state index in [4.69, 9.17) is 4.74 Å². The smallest absolute Gasteiger partial charge is 0.453 e. The standard InChI is InChI=1S/C10H14F3NO3/c11-10(12,13)8(15)17-7-1-6-16-9(7)2-4-14-5-3-9/h7,14H,1-6H2. The molecule has 2 saturated heterocycles. The molecule has 1 spiro atoms. The van der Waals surface area contributed by atoms with E-state index in [1.807, 2.05) is 0 Å². The third kappa shape index (κ3) is 2.55. The van der Waals surface area contributed by atoms with Gasteiger partial charge < -0.3 is 14.8 Å². The molecule has 7 heteroatoms. The fourth-order valence-corrected chi connectivity index (χ4v) is 2.40. The second-order valence-corrected chi connectivity index (χ2v) is 4.34. The molecule has 98 valence electrons. The molecule has 1 atom stereocenters. The lowest BCUT2D eigenvalue weighted by Gasteiger charge is -2.37. The molecule has 0 radical (unpaired) electrons. The second kappa shape index (κ2) is 4.45. The number of esters is 1. The molecule has 0 bridgehead atoms. The molecular formula is C10H14F3NO3. The maximum absolute atomic E-state index is 12.1. The number of piperidine rings is 1. The van der Waals surface area contributed by atoms with Crippen molar-refractivity contribution in [2.75, 3.05) is 19.7 Å². The Labute approximate surface area is 96.4 Å². The Morgan fingerprint density at radius 3 is 2.59 bits per heavy atom. The quantitative estimate of drug-likeness (QED) is 0.708. The summed E-state index contributed by atoms with van der Waals surface area (Å²) in [4.78, 5) is 10.8. The van der Waals surface area contributed by atoms with Gasteiger partial charge in [0.05, 0.1) is 6.61 Å². The summed E-state index contributed by atoms with van der Waals surface area (Å²) in [5.41, 5.74) is -0.716. The molecule has 0 aromatic carbocycles. The highest BCUT2D eigenvalue weighted by Gasteiger charge is 2.51. The van der Waals surface area contributed by atoms with Crippen LogP contribution in [0.5, 0.6) is 0 Å². The van der Waals surface area contributed by atoms with Crippen LogP contribution in [0.2, 0.25) is 0 Å². The third-order valence-electron chi connectivity index (χ3n) is 3.29. The monoisotopic (exact) mass is 253 g/mol. The SMILES string of the molecule is O=C(OC1CCOC12CCNCC2)C(F)(F)F. The van der Waals surface area contributed by atoms with Gasteiger partial charge in [0.15, 0.2) is 0 Å². The Bertz CT molecular complexity index is 300. The van der Waals surface area contributed by atoms with Gasteiger partial charge in [-0.05, 0) is 25.9 Å². The van der Waals surface area contributed by atoms with Gasteiger partial charge in [0, 0.05) is 6.42 Å². The van der Waals surface area contributed by atoms with Crippen molar-refractivity contribution in [3.05, 3.63) is 0 Å². The molecule has 2 heterocycles. The summed E-state index contributed by atoms with van der Waals surface area (Å²) in [6, 6.07) is 0. The fourth-order valence-electron chi connectivity index (χ4n) is 2.40. The average molecular weight is 253 g/mol. The Morgan fingerprint density at radius 1 is 1.35 bits per heavy atom. The van der Waals surface area contributed by atoms with E-state index in [-0.39, 0.29) is 0 Å².